The van der Waals surface area contributed by atoms with Gasteiger partial charge in [-0.1, -0.05) is 13.0 Å². The zero-order valence-corrected chi connectivity index (χ0v) is 10.8. The minimum Gasteiger partial charge on any atom is -0.461 e. The Morgan fingerprint density at radius 1 is 1.41 bits per heavy atom. The Hall–Kier alpha value is -1.58. The van der Waals surface area contributed by atoms with E-state index >= 15 is 0 Å². The zero-order chi connectivity index (χ0) is 13.0. The third-order valence-corrected chi connectivity index (χ3v) is 2.43. The van der Waals surface area contributed by atoms with Crippen LogP contribution >= 0.6 is 0 Å². The lowest BCUT2D eigenvalue weighted by Crippen LogP contribution is -2.31. The molecule has 0 spiro atoms. The van der Waals surface area contributed by atoms with E-state index in [1.54, 1.807) is 26.1 Å². The number of nitrogens with zero attached hydrogens (tertiary/aromatic N) is 1. The Bertz CT molecular complexity index is 448. The van der Waals surface area contributed by atoms with Crippen molar-refractivity contribution in [2.75, 3.05) is 0 Å². The number of ether oxygens (including phenoxy) is 1. The highest BCUT2D eigenvalue weighted by atomic mass is 16.5. The molecule has 0 saturated carbocycles. The molecule has 1 atom stereocenters. The van der Waals surface area contributed by atoms with E-state index in [0.29, 0.717) is 6.42 Å². The summed E-state index contributed by atoms with van der Waals surface area (Å²) in [5.41, 5.74) is 0.767. The Balaban J connectivity index is 3.05. The summed E-state index contributed by atoms with van der Waals surface area (Å²) < 4.78 is 6.60. The number of aromatic nitrogens is 1. The molecule has 0 amide bonds. The van der Waals surface area contributed by atoms with E-state index < -0.39 is 6.04 Å². The van der Waals surface area contributed by atoms with Gasteiger partial charge in [0.2, 0.25) is 0 Å². The molecule has 17 heavy (non-hydrogen) atoms. The quantitative estimate of drug-likeness (QED) is 0.753. The van der Waals surface area contributed by atoms with Crippen molar-refractivity contribution in [3.8, 4) is 0 Å². The van der Waals surface area contributed by atoms with Crippen molar-refractivity contribution in [2.45, 2.75) is 46.3 Å². The van der Waals surface area contributed by atoms with Gasteiger partial charge in [-0.15, -0.1) is 0 Å². The second-order valence-electron chi connectivity index (χ2n) is 4.36. The largest absolute Gasteiger partial charge is 0.461 e. The van der Waals surface area contributed by atoms with E-state index in [4.69, 9.17) is 4.74 Å². The average Bonchev–Trinajstić information content (AvgIpc) is 2.23. The van der Waals surface area contributed by atoms with Crippen LogP contribution in [0.2, 0.25) is 0 Å². The first-order valence-electron chi connectivity index (χ1n) is 5.85. The monoisotopic (exact) mass is 237 g/mol. The first-order chi connectivity index (χ1) is 7.95. The molecule has 1 unspecified atom stereocenters. The zero-order valence-electron chi connectivity index (χ0n) is 10.8. The molecule has 1 rings (SSSR count). The van der Waals surface area contributed by atoms with Gasteiger partial charge in [0, 0.05) is 12.3 Å². The Kier molecular flexibility index (Phi) is 4.49. The fourth-order valence-corrected chi connectivity index (χ4v) is 1.65. The van der Waals surface area contributed by atoms with E-state index in [1.165, 1.54) is 10.6 Å². The third kappa shape index (κ3) is 3.44. The van der Waals surface area contributed by atoms with Crippen LogP contribution in [0.1, 0.15) is 38.8 Å². The number of rotatable bonds is 4. The van der Waals surface area contributed by atoms with Crippen LogP contribution in [0.4, 0.5) is 0 Å². The highest BCUT2D eigenvalue weighted by Gasteiger charge is 2.21. The Labute approximate surface area is 101 Å². The molecule has 94 valence electrons. The third-order valence-electron chi connectivity index (χ3n) is 2.43. The first-order valence-corrected chi connectivity index (χ1v) is 5.85. The molecule has 1 aromatic heterocycles. The van der Waals surface area contributed by atoms with E-state index in [2.05, 4.69) is 0 Å². The lowest BCUT2D eigenvalue weighted by Gasteiger charge is -2.18. The number of aryl methyl sites for hydroxylation is 1. The van der Waals surface area contributed by atoms with Crippen molar-refractivity contribution in [2.24, 2.45) is 0 Å². The van der Waals surface area contributed by atoms with Crippen molar-refractivity contribution in [3.63, 3.8) is 0 Å². The number of esters is 1. The summed E-state index contributed by atoms with van der Waals surface area (Å²) >= 11 is 0. The summed E-state index contributed by atoms with van der Waals surface area (Å²) in [4.78, 5) is 23.6. The molecule has 0 aliphatic rings. The average molecular weight is 237 g/mol. The maximum atomic E-state index is 11.9. The number of hydrogen-bond acceptors (Lipinski definition) is 3. The second-order valence-corrected chi connectivity index (χ2v) is 4.36. The van der Waals surface area contributed by atoms with Crippen molar-refractivity contribution in [1.29, 1.82) is 0 Å². The van der Waals surface area contributed by atoms with Gasteiger partial charge in [-0.3, -0.25) is 4.79 Å². The topological polar surface area (TPSA) is 48.3 Å². The number of carbonyl (C=O) groups is 1. The molecule has 1 heterocycles. The lowest BCUT2D eigenvalue weighted by molar-refractivity contribution is -0.151. The summed E-state index contributed by atoms with van der Waals surface area (Å²) in [5.74, 6) is -0.352. The number of pyridine rings is 1. The van der Waals surface area contributed by atoms with E-state index in [1.807, 2.05) is 13.8 Å². The minimum atomic E-state index is -0.537. The maximum absolute atomic E-state index is 11.9. The SMILES string of the molecule is CCC(C(=O)OC(C)C)n1cc(C)ccc1=O. The predicted octanol–water partition coefficient (Wildman–Crippen LogP) is 2.06. The molecule has 0 fully saturated rings. The van der Waals surface area contributed by atoms with Crippen LogP contribution in [-0.4, -0.2) is 16.6 Å². The normalized spacial score (nSPS) is 12.5. The molecule has 0 aliphatic heterocycles. The molecular weight excluding hydrogens is 218 g/mol. The van der Waals surface area contributed by atoms with Crippen molar-refractivity contribution < 1.29 is 9.53 Å². The van der Waals surface area contributed by atoms with Crippen molar-refractivity contribution in [1.82, 2.24) is 4.57 Å². The van der Waals surface area contributed by atoms with E-state index in [9.17, 15) is 9.59 Å². The van der Waals surface area contributed by atoms with Crippen LogP contribution in [0.15, 0.2) is 23.1 Å². The van der Waals surface area contributed by atoms with Gasteiger partial charge >= 0.3 is 5.97 Å². The summed E-state index contributed by atoms with van der Waals surface area (Å²) in [6.45, 7) is 7.34. The van der Waals surface area contributed by atoms with Crippen LogP contribution in [0.25, 0.3) is 0 Å². The van der Waals surface area contributed by atoms with Gasteiger partial charge in [0.05, 0.1) is 6.10 Å². The summed E-state index contributed by atoms with van der Waals surface area (Å²) in [7, 11) is 0. The van der Waals surface area contributed by atoms with Gasteiger partial charge in [-0.05, 0) is 32.8 Å². The summed E-state index contributed by atoms with van der Waals surface area (Å²) in [6.07, 6.45) is 2.06. The number of carbonyl (C=O) groups excluding carboxylic acids is 1. The fraction of sp³-hybridized carbons (Fsp3) is 0.538. The molecule has 1 aromatic rings. The molecule has 4 heteroatoms. The van der Waals surface area contributed by atoms with Crippen molar-refractivity contribution >= 4 is 5.97 Å². The first kappa shape index (κ1) is 13.5. The van der Waals surface area contributed by atoms with Gasteiger partial charge in [0.25, 0.3) is 5.56 Å². The number of hydrogen-bond donors (Lipinski definition) is 0. The van der Waals surface area contributed by atoms with Crippen LogP contribution in [-0.2, 0) is 9.53 Å². The fourth-order valence-electron chi connectivity index (χ4n) is 1.65. The smallest absolute Gasteiger partial charge is 0.329 e. The second kappa shape index (κ2) is 5.66. The molecule has 4 nitrogen and oxygen atoms in total. The maximum Gasteiger partial charge on any atom is 0.329 e. The molecule has 0 aromatic carbocycles. The van der Waals surface area contributed by atoms with Gasteiger partial charge in [0.1, 0.15) is 6.04 Å². The van der Waals surface area contributed by atoms with Crippen LogP contribution in [0.5, 0.6) is 0 Å². The van der Waals surface area contributed by atoms with Gasteiger partial charge in [0.15, 0.2) is 0 Å². The molecule has 0 saturated heterocycles. The standard InChI is InChI=1S/C13H19NO3/c1-5-11(13(16)17-9(2)3)14-8-10(4)6-7-12(14)15/h6-9,11H,5H2,1-4H3. The van der Waals surface area contributed by atoms with Gasteiger partial charge in [-0.2, -0.15) is 0 Å². The Morgan fingerprint density at radius 3 is 2.59 bits per heavy atom. The molecule has 0 radical (unpaired) electrons. The summed E-state index contributed by atoms with van der Waals surface area (Å²) in [5, 5.41) is 0. The highest BCUT2D eigenvalue weighted by molar-refractivity contribution is 5.74. The van der Waals surface area contributed by atoms with Crippen LogP contribution in [0.3, 0.4) is 0 Å². The van der Waals surface area contributed by atoms with Gasteiger partial charge in [-0.25, -0.2) is 4.79 Å². The lowest BCUT2D eigenvalue weighted by atomic mass is 10.2. The van der Waals surface area contributed by atoms with E-state index in [-0.39, 0.29) is 17.6 Å². The molecular formula is C13H19NO3. The van der Waals surface area contributed by atoms with E-state index in [0.717, 1.165) is 5.56 Å². The molecule has 0 aliphatic carbocycles. The highest BCUT2D eigenvalue weighted by Crippen LogP contribution is 2.12. The van der Waals surface area contributed by atoms with Crippen molar-refractivity contribution in [3.05, 3.63) is 34.2 Å². The van der Waals surface area contributed by atoms with Crippen LogP contribution in [0, 0.1) is 6.92 Å². The van der Waals surface area contributed by atoms with Crippen LogP contribution < -0.4 is 5.56 Å². The minimum absolute atomic E-state index is 0.169. The Morgan fingerprint density at radius 2 is 2.06 bits per heavy atom. The molecule has 0 N–H and O–H groups in total. The molecule has 0 bridgehead atoms. The van der Waals surface area contributed by atoms with Gasteiger partial charge < -0.3 is 9.30 Å². The predicted molar refractivity (Wildman–Crippen MR) is 66.0 cm³/mol. The summed E-state index contributed by atoms with van der Waals surface area (Å²) in [6, 6.07) is 2.67.